The molecular weight excluding hydrogens is 208 g/mol. The molecule has 0 bridgehead atoms. The van der Waals surface area contributed by atoms with E-state index in [1.165, 1.54) is 0 Å². The lowest BCUT2D eigenvalue weighted by atomic mass is 9.84. The van der Waals surface area contributed by atoms with Crippen LogP contribution < -0.4 is 4.90 Å². The number of nitrogens with zero attached hydrogens (tertiary/aromatic N) is 2. The lowest BCUT2D eigenvalue weighted by molar-refractivity contribution is 0.274. The highest BCUT2D eigenvalue weighted by molar-refractivity contribution is 6.17. The van der Waals surface area contributed by atoms with Crippen LogP contribution in [0.2, 0.25) is 0 Å². The van der Waals surface area contributed by atoms with Gasteiger partial charge in [0, 0.05) is 24.7 Å². The van der Waals surface area contributed by atoms with Crippen molar-refractivity contribution in [1.82, 2.24) is 4.98 Å². The van der Waals surface area contributed by atoms with Crippen LogP contribution in [0.25, 0.3) is 0 Å². The predicted octanol–water partition coefficient (Wildman–Crippen LogP) is 2.98. The van der Waals surface area contributed by atoms with Gasteiger partial charge in [0.05, 0.1) is 0 Å². The molecule has 2 nitrogen and oxygen atoms in total. The molecule has 0 aliphatic carbocycles. The van der Waals surface area contributed by atoms with E-state index in [-0.39, 0.29) is 0 Å². The van der Waals surface area contributed by atoms with Gasteiger partial charge < -0.3 is 4.90 Å². The van der Waals surface area contributed by atoms with E-state index in [0.29, 0.717) is 11.3 Å². The molecule has 1 saturated heterocycles. The molecule has 0 unspecified atom stereocenters. The Morgan fingerprint density at radius 2 is 2.07 bits per heavy atom. The molecule has 3 heteroatoms. The summed E-state index contributed by atoms with van der Waals surface area (Å²) in [6, 6.07) is 4.14. The smallest absolute Gasteiger partial charge is 0.129 e. The SMILES string of the molecule is Cc1cc(CCl)cc(N2CC(C)(C)C2)n1. The summed E-state index contributed by atoms with van der Waals surface area (Å²) in [7, 11) is 0. The van der Waals surface area contributed by atoms with Crippen molar-refractivity contribution >= 4 is 17.4 Å². The van der Waals surface area contributed by atoms with Crippen LogP contribution in [0.1, 0.15) is 25.1 Å². The maximum Gasteiger partial charge on any atom is 0.129 e. The molecule has 0 radical (unpaired) electrons. The number of hydrogen-bond acceptors (Lipinski definition) is 2. The molecule has 15 heavy (non-hydrogen) atoms. The summed E-state index contributed by atoms with van der Waals surface area (Å²) < 4.78 is 0. The predicted molar refractivity (Wildman–Crippen MR) is 64.5 cm³/mol. The van der Waals surface area contributed by atoms with Crippen LogP contribution in [0, 0.1) is 12.3 Å². The van der Waals surface area contributed by atoms with Crippen LogP contribution in [-0.2, 0) is 5.88 Å². The van der Waals surface area contributed by atoms with E-state index in [1.807, 2.05) is 13.0 Å². The topological polar surface area (TPSA) is 16.1 Å². The van der Waals surface area contributed by atoms with Gasteiger partial charge in [0.1, 0.15) is 5.82 Å². The average molecular weight is 225 g/mol. The Balaban J connectivity index is 2.19. The van der Waals surface area contributed by atoms with Crippen LogP contribution in [0.4, 0.5) is 5.82 Å². The molecule has 1 aliphatic heterocycles. The van der Waals surface area contributed by atoms with Gasteiger partial charge in [0.2, 0.25) is 0 Å². The van der Waals surface area contributed by atoms with E-state index >= 15 is 0 Å². The quantitative estimate of drug-likeness (QED) is 0.718. The largest absolute Gasteiger partial charge is 0.355 e. The second kappa shape index (κ2) is 3.67. The highest BCUT2D eigenvalue weighted by Gasteiger charge is 2.34. The monoisotopic (exact) mass is 224 g/mol. The number of rotatable bonds is 2. The van der Waals surface area contributed by atoms with E-state index in [0.717, 1.165) is 30.2 Å². The zero-order valence-electron chi connectivity index (χ0n) is 9.55. The molecular formula is C12H17ClN2. The fourth-order valence-corrected chi connectivity index (χ4v) is 2.26. The number of alkyl halides is 1. The van der Waals surface area contributed by atoms with Gasteiger partial charge in [-0.1, -0.05) is 13.8 Å². The Bertz CT molecular complexity index is 366. The third-order valence-corrected chi connectivity index (χ3v) is 3.02. The summed E-state index contributed by atoms with van der Waals surface area (Å²) in [4.78, 5) is 6.85. The Kier molecular flexibility index (Phi) is 2.63. The second-order valence-electron chi connectivity index (χ2n) is 5.13. The molecule has 2 heterocycles. The van der Waals surface area contributed by atoms with Crippen LogP contribution >= 0.6 is 11.6 Å². The van der Waals surface area contributed by atoms with Gasteiger partial charge in [-0.25, -0.2) is 4.98 Å². The normalized spacial score (nSPS) is 18.8. The summed E-state index contributed by atoms with van der Waals surface area (Å²) in [5.41, 5.74) is 2.64. The first-order valence-electron chi connectivity index (χ1n) is 5.29. The van der Waals surface area contributed by atoms with Gasteiger partial charge in [-0.05, 0) is 30.0 Å². The van der Waals surface area contributed by atoms with Crippen molar-refractivity contribution in [2.75, 3.05) is 18.0 Å². The van der Waals surface area contributed by atoms with E-state index in [1.54, 1.807) is 0 Å². The standard InChI is InChI=1S/C12H17ClN2/c1-9-4-10(6-13)5-11(14-9)15-7-12(2,3)8-15/h4-5H,6-8H2,1-3H3. The Morgan fingerprint density at radius 3 is 2.60 bits per heavy atom. The molecule has 0 amide bonds. The van der Waals surface area contributed by atoms with Gasteiger partial charge >= 0.3 is 0 Å². The summed E-state index contributed by atoms with van der Waals surface area (Å²) >= 11 is 5.85. The molecule has 1 aromatic rings. The van der Waals surface area contributed by atoms with Crippen molar-refractivity contribution in [3.63, 3.8) is 0 Å². The second-order valence-corrected chi connectivity index (χ2v) is 5.40. The summed E-state index contributed by atoms with van der Waals surface area (Å²) in [6.07, 6.45) is 0. The minimum absolute atomic E-state index is 0.437. The van der Waals surface area contributed by atoms with Gasteiger partial charge in [0.25, 0.3) is 0 Å². The summed E-state index contributed by atoms with van der Waals surface area (Å²) in [5, 5.41) is 0. The van der Waals surface area contributed by atoms with Gasteiger partial charge in [0.15, 0.2) is 0 Å². The third kappa shape index (κ3) is 2.25. The van der Waals surface area contributed by atoms with Crippen molar-refractivity contribution in [2.45, 2.75) is 26.7 Å². The van der Waals surface area contributed by atoms with Crippen molar-refractivity contribution in [3.8, 4) is 0 Å². The highest BCUT2D eigenvalue weighted by atomic mass is 35.5. The number of halogens is 1. The first-order chi connectivity index (χ1) is 7.00. The molecule has 0 spiro atoms. The average Bonchev–Trinajstić information content (AvgIpc) is 2.13. The minimum Gasteiger partial charge on any atom is -0.355 e. The molecule has 0 atom stereocenters. The van der Waals surface area contributed by atoms with E-state index in [4.69, 9.17) is 11.6 Å². The zero-order chi connectivity index (χ0) is 11.1. The van der Waals surface area contributed by atoms with Crippen LogP contribution in [0.15, 0.2) is 12.1 Å². The lowest BCUT2D eigenvalue weighted by Crippen LogP contribution is -2.53. The highest BCUT2D eigenvalue weighted by Crippen LogP contribution is 2.32. The van der Waals surface area contributed by atoms with Crippen molar-refractivity contribution < 1.29 is 0 Å². The van der Waals surface area contributed by atoms with Crippen LogP contribution in [0.3, 0.4) is 0 Å². The van der Waals surface area contributed by atoms with Crippen LogP contribution in [-0.4, -0.2) is 18.1 Å². The fraction of sp³-hybridized carbons (Fsp3) is 0.583. The number of anilines is 1. The molecule has 0 aromatic carbocycles. The maximum atomic E-state index is 5.85. The number of aryl methyl sites for hydroxylation is 1. The van der Waals surface area contributed by atoms with Gasteiger partial charge in [-0.15, -0.1) is 11.6 Å². The Morgan fingerprint density at radius 1 is 1.40 bits per heavy atom. The fourth-order valence-electron chi connectivity index (χ4n) is 2.11. The van der Waals surface area contributed by atoms with Gasteiger partial charge in [-0.2, -0.15) is 0 Å². The van der Waals surface area contributed by atoms with E-state index in [9.17, 15) is 0 Å². The van der Waals surface area contributed by atoms with Crippen molar-refractivity contribution in [2.24, 2.45) is 5.41 Å². The summed E-state index contributed by atoms with van der Waals surface area (Å²) in [5.74, 6) is 1.64. The minimum atomic E-state index is 0.437. The lowest BCUT2D eigenvalue weighted by Gasteiger charge is -2.46. The molecule has 1 aliphatic rings. The molecule has 0 N–H and O–H groups in total. The van der Waals surface area contributed by atoms with Crippen LogP contribution in [0.5, 0.6) is 0 Å². The first kappa shape index (κ1) is 10.7. The maximum absolute atomic E-state index is 5.85. The number of pyridine rings is 1. The molecule has 1 fully saturated rings. The molecule has 82 valence electrons. The van der Waals surface area contributed by atoms with Gasteiger partial charge in [-0.3, -0.25) is 0 Å². The first-order valence-corrected chi connectivity index (χ1v) is 5.82. The van der Waals surface area contributed by atoms with Crippen molar-refractivity contribution in [3.05, 3.63) is 23.4 Å². The van der Waals surface area contributed by atoms with E-state index in [2.05, 4.69) is 29.8 Å². The van der Waals surface area contributed by atoms with Crippen molar-refractivity contribution in [1.29, 1.82) is 0 Å². The molecule has 1 aromatic heterocycles. The Labute approximate surface area is 96.3 Å². The Hall–Kier alpha value is -0.760. The zero-order valence-corrected chi connectivity index (χ0v) is 10.3. The third-order valence-electron chi connectivity index (χ3n) is 2.72. The molecule has 0 saturated carbocycles. The molecule has 2 rings (SSSR count). The number of aromatic nitrogens is 1. The number of hydrogen-bond donors (Lipinski definition) is 0. The summed E-state index contributed by atoms with van der Waals surface area (Å²) in [6.45, 7) is 8.75. The van der Waals surface area contributed by atoms with E-state index < -0.39 is 0 Å².